The van der Waals surface area contributed by atoms with Gasteiger partial charge in [-0.25, -0.2) is 38.3 Å². The average molecular weight is 1420 g/mol. The quantitative estimate of drug-likeness (QED) is 0.0999. The molecule has 5 aliphatic heterocycles. The number of anilines is 17. The van der Waals surface area contributed by atoms with Crippen LogP contribution in [0.1, 0.15) is 68.0 Å². The van der Waals surface area contributed by atoms with Crippen LogP contribution < -0.4 is 60.5 Å². The average Bonchev–Trinajstić information content (AvgIpc) is 1.64. The number of amides is 5. The molecule has 11 heterocycles. The number of rotatable bonds is 10. The summed E-state index contributed by atoms with van der Waals surface area (Å²) in [6, 6.07) is 18.9. The van der Waals surface area contributed by atoms with Crippen molar-refractivity contribution in [3.05, 3.63) is 128 Å². The van der Waals surface area contributed by atoms with Crippen molar-refractivity contribution in [3.63, 3.8) is 0 Å². The fourth-order valence-corrected chi connectivity index (χ4v) is 15.1. The minimum Gasteiger partial charge on any atom is -0.369 e. The van der Waals surface area contributed by atoms with Gasteiger partial charge in [-0.3, -0.25) is 28.9 Å². The van der Waals surface area contributed by atoms with Gasteiger partial charge in [-0.15, -0.1) is 34.0 Å². The van der Waals surface area contributed by atoms with Gasteiger partial charge in [0.1, 0.15) is 32.1 Å². The second-order valence-corrected chi connectivity index (χ2v) is 29.6. The van der Waals surface area contributed by atoms with Crippen molar-refractivity contribution in [1.82, 2.24) is 59.4 Å². The molecule has 0 aliphatic carbocycles. The standard InChI is InChI=1S/C23H28N8O3S2.C23H26N8O2S.C19H19N7O2S/c1-14-12-16(30-8-10-31(11-9-30)36(5,33)34)6-7-17(14)26-23-24-13-18-20(27-23)29(4)22-19(21(32)28(18)3)25-15(2)35-22;1-13-10-15(31-9-8-28(3)12-18(31)32)6-7-16(13)26-23-24-11-17-20(27-23)30(5)22-19(21(33)29(17)4)25-14(2)34-22;1-10-22-14-17(28)25(3)13-9-21-19(24-15(13)26(4)18(14)29-10)23-12-7-5-11(6-8-12)16(27)20-2/h6-7,12-13H,8-11H2,1-5H3,(H,24,26,27);6-7,10-11H,8-9,12H2,1-5H3,(H,24,26,27);5-9H,1-4H3,(H,20,27)(H,21,23,24). The maximum atomic E-state index is 12.9. The van der Waals surface area contributed by atoms with Gasteiger partial charge in [0.15, 0.2) is 34.5 Å². The van der Waals surface area contributed by atoms with E-state index in [4.69, 9.17) is 9.97 Å². The van der Waals surface area contributed by atoms with Crippen molar-refractivity contribution < 1.29 is 32.4 Å². The molecular weight excluding hydrogens is 1340 g/mol. The molecule has 30 nitrogen and oxygen atoms in total. The fourth-order valence-electron chi connectivity index (χ4n) is 11.7. The molecule has 0 radical (unpaired) electrons. The van der Waals surface area contributed by atoms with Crippen LogP contribution in [0.4, 0.5) is 95.8 Å². The lowest BCUT2D eigenvalue weighted by molar-refractivity contribution is -0.120. The molecule has 34 heteroatoms. The maximum Gasteiger partial charge on any atom is 0.279 e. The van der Waals surface area contributed by atoms with Crippen LogP contribution in [-0.2, 0) is 14.8 Å². The van der Waals surface area contributed by atoms with Crippen LogP contribution >= 0.6 is 34.0 Å². The predicted octanol–water partition coefficient (Wildman–Crippen LogP) is 8.37. The highest BCUT2D eigenvalue weighted by atomic mass is 32.2. The van der Waals surface area contributed by atoms with Gasteiger partial charge in [0.25, 0.3) is 23.6 Å². The minimum atomic E-state index is -3.16. The molecule has 2 saturated heterocycles. The van der Waals surface area contributed by atoms with Gasteiger partial charge in [0.2, 0.25) is 33.8 Å². The molecule has 514 valence electrons. The lowest BCUT2D eigenvalue weighted by atomic mass is 10.1. The normalized spacial score (nSPS) is 15.5. The molecule has 5 amide bonds. The number of likely N-dealkylation sites (N-methyl/N-ethyl adjacent to an activating group) is 1. The monoisotopic (exact) mass is 1420 g/mol. The number of nitrogens with one attached hydrogen (secondary N) is 4. The Bertz CT molecular complexity index is 4810. The minimum absolute atomic E-state index is 0.0994. The second kappa shape index (κ2) is 27.5. The van der Waals surface area contributed by atoms with E-state index in [1.165, 1.54) is 59.3 Å². The first-order valence-electron chi connectivity index (χ1n) is 31.3. The summed E-state index contributed by atoms with van der Waals surface area (Å²) in [5.41, 5.74) is 10.0. The largest absolute Gasteiger partial charge is 0.369 e. The van der Waals surface area contributed by atoms with Crippen molar-refractivity contribution >= 4 is 169 Å². The van der Waals surface area contributed by atoms with E-state index < -0.39 is 10.0 Å². The number of piperazine rings is 2. The summed E-state index contributed by atoms with van der Waals surface area (Å²) in [6.45, 7) is 13.8. The highest BCUT2D eigenvalue weighted by Gasteiger charge is 2.36. The van der Waals surface area contributed by atoms with E-state index in [-0.39, 0.29) is 29.5 Å². The molecular formula is C65H73N23O7S4. The molecule has 0 spiro atoms. The number of carbonyl (C=O) groups excluding carboxylic acids is 5. The fraction of sp³-hybridized carbons (Fsp3) is 0.323. The Labute approximate surface area is 584 Å². The maximum absolute atomic E-state index is 12.9. The molecule has 0 unspecified atom stereocenters. The Balaban J connectivity index is 0.000000142. The van der Waals surface area contributed by atoms with Crippen LogP contribution in [0.5, 0.6) is 0 Å². The van der Waals surface area contributed by atoms with Crippen LogP contribution in [0.2, 0.25) is 0 Å². The lowest BCUT2D eigenvalue weighted by Gasteiger charge is -2.35. The smallest absolute Gasteiger partial charge is 0.279 e. The number of benzene rings is 3. The molecule has 99 heavy (non-hydrogen) atoms. The van der Waals surface area contributed by atoms with Crippen LogP contribution in [0, 0.1) is 34.6 Å². The second-order valence-electron chi connectivity index (χ2n) is 24.1. The zero-order valence-electron chi connectivity index (χ0n) is 56.9. The van der Waals surface area contributed by atoms with E-state index in [1.54, 1.807) is 71.0 Å². The van der Waals surface area contributed by atoms with Gasteiger partial charge in [-0.1, -0.05) is 0 Å². The molecule has 0 bridgehead atoms. The Hall–Kier alpha value is -10.4. The van der Waals surface area contributed by atoms with Crippen molar-refractivity contribution in [1.29, 1.82) is 0 Å². The van der Waals surface area contributed by atoms with Gasteiger partial charge in [-0.2, -0.15) is 19.3 Å². The zero-order valence-corrected chi connectivity index (χ0v) is 60.2. The highest BCUT2D eigenvalue weighted by Crippen LogP contribution is 2.45. The van der Waals surface area contributed by atoms with Crippen molar-refractivity contribution in [3.8, 4) is 0 Å². The van der Waals surface area contributed by atoms with Crippen molar-refractivity contribution in [2.75, 3.05) is 164 Å². The summed E-state index contributed by atoms with van der Waals surface area (Å²) < 4.78 is 25.1. The topological polar surface area (TPSA) is 316 Å². The molecule has 2 fully saturated rings. The van der Waals surface area contributed by atoms with Gasteiger partial charge in [0.05, 0.1) is 46.4 Å². The number of nitrogens with zero attached hydrogens (tertiary/aromatic N) is 19. The summed E-state index contributed by atoms with van der Waals surface area (Å²) in [4.78, 5) is 120. The first kappa shape index (κ1) is 68.5. The first-order valence-corrected chi connectivity index (χ1v) is 35.6. The van der Waals surface area contributed by atoms with E-state index >= 15 is 0 Å². The van der Waals surface area contributed by atoms with Crippen LogP contribution in [0.3, 0.4) is 0 Å². The summed E-state index contributed by atoms with van der Waals surface area (Å²) in [7, 11) is 11.1. The summed E-state index contributed by atoms with van der Waals surface area (Å²) in [5.74, 6) is 2.45. The van der Waals surface area contributed by atoms with Crippen molar-refractivity contribution in [2.45, 2.75) is 34.6 Å². The number of hydrogen-bond donors (Lipinski definition) is 4. The number of hydrogen-bond acceptors (Lipinski definition) is 27. The summed E-state index contributed by atoms with van der Waals surface area (Å²) in [6.07, 6.45) is 6.16. The number of carbonyl (C=O) groups is 5. The molecule has 0 saturated carbocycles. The number of sulfonamides is 1. The molecule has 3 aromatic carbocycles. The Morgan fingerprint density at radius 1 is 0.485 bits per heavy atom. The Kier molecular flexibility index (Phi) is 19.0. The SMILES string of the molecule is CNC(=O)c1ccc(Nc2ncc3c(n2)N(C)c2sc(C)nc2C(=O)N3C)cc1.Cc1nc2c(s1)N(C)c1nc(Nc3ccc(N4CCN(C)CC4=O)cc3C)ncc1N(C)C2=O.Cc1nc2c(s1)N(C)c1nc(Nc3ccc(N4CCN(S(C)(=O)=O)CC4)cc3C)ncc1N(C)C2=O. The highest BCUT2D eigenvalue weighted by molar-refractivity contribution is 7.88. The first-order chi connectivity index (χ1) is 47.1. The van der Waals surface area contributed by atoms with Crippen LogP contribution in [0.25, 0.3) is 0 Å². The molecule has 4 N–H and O–H groups in total. The Morgan fingerprint density at radius 2 is 0.889 bits per heavy atom. The molecule has 9 aromatic rings. The van der Waals surface area contributed by atoms with Gasteiger partial charge < -0.3 is 60.5 Å². The predicted molar refractivity (Wildman–Crippen MR) is 390 cm³/mol. The Morgan fingerprint density at radius 3 is 1.28 bits per heavy atom. The summed E-state index contributed by atoms with van der Waals surface area (Å²) >= 11 is 4.36. The number of thiazole rings is 3. The number of fused-ring (bicyclic) bond motifs is 6. The van der Waals surface area contributed by atoms with E-state index in [1.807, 2.05) is 118 Å². The van der Waals surface area contributed by atoms with Crippen LogP contribution in [0.15, 0.2) is 79.3 Å². The number of aryl methyl sites for hydroxylation is 5. The third kappa shape index (κ3) is 13.8. The van der Waals surface area contributed by atoms with Gasteiger partial charge in [0, 0.05) is 123 Å². The molecule has 6 aromatic heterocycles. The van der Waals surface area contributed by atoms with E-state index in [9.17, 15) is 32.4 Å². The third-order valence-electron chi connectivity index (χ3n) is 17.2. The third-order valence-corrected chi connectivity index (χ3v) is 21.7. The molecule has 14 rings (SSSR count). The zero-order chi connectivity index (χ0) is 70.6. The van der Waals surface area contributed by atoms with Gasteiger partial charge >= 0.3 is 0 Å². The van der Waals surface area contributed by atoms with E-state index in [0.29, 0.717) is 114 Å². The molecule has 5 aliphatic rings. The van der Waals surface area contributed by atoms with Crippen molar-refractivity contribution in [2.24, 2.45) is 0 Å². The van der Waals surface area contributed by atoms with E-state index in [0.717, 1.165) is 76.1 Å². The van der Waals surface area contributed by atoms with Gasteiger partial charge in [-0.05, 0) is 113 Å². The number of aromatic nitrogens is 9. The van der Waals surface area contributed by atoms with Crippen LogP contribution in [-0.4, -0.2) is 200 Å². The summed E-state index contributed by atoms with van der Waals surface area (Å²) in [5, 5.41) is 17.0. The molecule has 0 atom stereocenters. The van der Waals surface area contributed by atoms with E-state index in [2.05, 4.69) is 67.1 Å². The lowest BCUT2D eigenvalue weighted by Crippen LogP contribution is -2.48.